The summed E-state index contributed by atoms with van der Waals surface area (Å²) in [5, 5.41) is 2.35. The molecule has 2 radical (unpaired) electrons. The Morgan fingerprint density at radius 3 is 2.46 bits per heavy atom. The molecule has 0 aliphatic heterocycles. The van der Waals surface area contributed by atoms with E-state index in [0.717, 1.165) is 6.26 Å². The van der Waals surface area contributed by atoms with E-state index in [4.69, 9.17) is 7.85 Å². The SMILES string of the molecule is [B]C(=O)NC(CC)COS(C)(=O)=O. The molecular formula is C6H12BNO4S. The molecule has 74 valence electrons. The average Bonchev–Trinajstić information content (AvgIpc) is 1.95. The van der Waals surface area contributed by atoms with Crippen LogP contribution in [0, 0.1) is 0 Å². The van der Waals surface area contributed by atoms with Crippen molar-refractivity contribution >= 4 is 23.8 Å². The molecule has 0 spiro atoms. The summed E-state index contributed by atoms with van der Waals surface area (Å²) in [4.78, 5) is 10.4. The van der Waals surface area contributed by atoms with Crippen molar-refractivity contribution in [3.05, 3.63) is 0 Å². The molecule has 0 saturated carbocycles. The first-order valence-corrected chi connectivity index (χ1v) is 5.57. The van der Waals surface area contributed by atoms with E-state index in [1.807, 2.05) is 0 Å². The summed E-state index contributed by atoms with van der Waals surface area (Å²) in [6.07, 6.45) is 1.50. The smallest absolute Gasteiger partial charge is 0.264 e. The van der Waals surface area contributed by atoms with Gasteiger partial charge in [-0.1, -0.05) is 6.92 Å². The third kappa shape index (κ3) is 7.79. The van der Waals surface area contributed by atoms with Crippen LogP contribution in [0.15, 0.2) is 0 Å². The second-order valence-electron chi connectivity index (χ2n) is 2.60. The Labute approximate surface area is 79.4 Å². The molecule has 0 bridgehead atoms. The normalized spacial score (nSPS) is 13.7. The predicted octanol–water partition coefficient (Wildman–Crippen LogP) is -0.381. The second-order valence-corrected chi connectivity index (χ2v) is 4.25. The Hall–Kier alpha value is -0.555. The molecule has 13 heavy (non-hydrogen) atoms. The zero-order valence-corrected chi connectivity index (χ0v) is 8.43. The van der Waals surface area contributed by atoms with Gasteiger partial charge in [-0.25, -0.2) is 0 Å². The fourth-order valence-electron chi connectivity index (χ4n) is 0.668. The van der Waals surface area contributed by atoms with Crippen molar-refractivity contribution in [2.75, 3.05) is 12.9 Å². The van der Waals surface area contributed by atoms with Crippen molar-refractivity contribution in [2.45, 2.75) is 19.4 Å². The standard InChI is InChI=1S/C6H12BNO4S/c1-3-5(8-6(7)9)4-12-13(2,10)11/h5H,3-4H2,1-2H3,(H,8,9). The minimum absolute atomic E-state index is 0.0850. The highest BCUT2D eigenvalue weighted by molar-refractivity contribution is 7.85. The molecule has 0 aromatic heterocycles. The van der Waals surface area contributed by atoms with Crippen LogP contribution >= 0.6 is 0 Å². The summed E-state index contributed by atoms with van der Waals surface area (Å²) in [7, 11) is 1.40. The van der Waals surface area contributed by atoms with Gasteiger partial charge in [-0.2, -0.15) is 8.42 Å². The van der Waals surface area contributed by atoms with Crippen molar-refractivity contribution < 1.29 is 17.4 Å². The maximum atomic E-state index is 10.6. The van der Waals surface area contributed by atoms with Crippen LogP contribution < -0.4 is 5.32 Å². The fraction of sp³-hybridized carbons (Fsp3) is 0.833. The predicted molar refractivity (Wildman–Crippen MR) is 49.2 cm³/mol. The van der Waals surface area contributed by atoms with Crippen LogP contribution in [0.25, 0.3) is 0 Å². The molecule has 0 aromatic rings. The number of nitrogens with one attached hydrogen (secondary N) is 1. The largest absolute Gasteiger partial charge is 0.361 e. The monoisotopic (exact) mass is 205 g/mol. The zero-order valence-electron chi connectivity index (χ0n) is 7.61. The van der Waals surface area contributed by atoms with Crippen molar-refractivity contribution in [1.29, 1.82) is 0 Å². The lowest BCUT2D eigenvalue weighted by molar-refractivity contribution is 0.240. The number of hydrogen-bond acceptors (Lipinski definition) is 4. The second kappa shape index (κ2) is 5.23. The van der Waals surface area contributed by atoms with Crippen LogP contribution in [0.4, 0.5) is 4.79 Å². The first-order valence-electron chi connectivity index (χ1n) is 3.75. The van der Waals surface area contributed by atoms with Gasteiger partial charge in [0.15, 0.2) is 5.81 Å². The Bertz CT molecular complexity index is 264. The van der Waals surface area contributed by atoms with Gasteiger partial charge in [-0.3, -0.25) is 8.98 Å². The van der Waals surface area contributed by atoms with Crippen LogP contribution in [-0.4, -0.2) is 41.0 Å². The van der Waals surface area contributed by atoms with Crippen LogP contribution in [-0.2, 0) is 14.3 Å². The molecule has 7 heteroatoms. The van der Waals surface area contributed by atoms with E-state index in [2.05, 4.69) is 9.50 Å². The molecule has 1 amide bonds. The van der Waals surface area contributed by atoms with Crippen LogP contribution in [0.1, 0.15) is 13.3 Å². The fourth-order valence-corrected chi connectivity index (χ4v) is 1.08. The molecule has 1 atom stereocenters. The first-order chi connectivity index (χ1) is 5.85. The Morgan fingerprint density at radius 1 is 1.62 bits per heavy atom. The molecule has 0 aliphatic rings. The van der Waals surface area contributed by atoms with E-state index in [0.29, 0.717) is 6.42 Å². The third-order valence-corrected chi connectivity index (χ3v) is 1.89. The lowest BCUT2D eigenvalue weighted by atomic mass is 10.1. The first kappa shape index (κ1) is 12.4. The number of amides is 1. The van der Waals surface area contributed by atoms with Gasteiger partial charge >= 0.3 is 0 Å². The van der Waals surface area contributed by atoms with Gasteiger partial charge in [0, 0.05) is 0 Å². The maximum absolute atomic E-state index is 10.6. The number of rotatable bonds is 5. The quantitative estimate of drug-likeness (QED) is 0.490. The summed E-state index contributed by atoms with van der Waals surface area (Å²) in [6.45, 7) is 1.70. The van der Waals surface area contributed by atoms with Crippen molar-refractivity contribution in [3.63, 3.8) is 0 Å². The Kier molecular flexibility index (Phi) is 5.01. The van der Waals surface area contributed by atoms with Crippen LogP contribution in [0.5, 0.6) is 0 Å². The van der Waals surface area contributed by atoms with Gasteiger partial charge in [0.1, 0.15) is 0 Å². The number of carbonyl (C=O) groups is 1. The van der Waals surface area contributed by atoms with Gasteiger partial charge in [0.2, 0.25) is 7.85 Å². The minimum Gasteiger partial charge on any atom is -0.361 e. The van der Waals surface area contributed by atoms with Crippen molar-refractivity contribution in [1.82, 2.24) is 5.32 Å². The number of carbonyl (C=O) groups excluding carboxylic acids is 1. The van der Waals surface area contributed by atoms with E-state index in [-0.39, 0.29) is 12.6 Å². The summed E-state index contributed by atoms with van der Waals surface area (Å²) in [5.41, 5.74) is 0. The van der Waals surface area contributed by atoms with Crippen molar-refractivity contribution in [3.8, 4) is 0 Å². The summed E-state index contributed by atoms with van der Waals surface area (Å²) in [6, 6.07) is -0.368. The minimum atomic E-state index is -3.46. The third-order valence-electron chi connectivity index (χ3n) is 1.32. The highest BCUT2D eigenvalue weighted by Crippen LogP contribution is 1.95. The highest BCUT2D eigenvalue weighted by atomic mass is 32.2. The maximum Gasteiger partial charge on any atom is 0.264 e. The zero-order chi connectivity index (χ0) is 10.5. The molecule has 0 saturated heterocycles. The van der Waals surface area contributed by atoms with Gasteiger partial charge in [-0.15, -0.1) is 0 Å². The summed E-state index contributed by atoms with van der Waals surface area (Å²) < 4.78 is 25.6. The topological polar surface area (TPSA) is 72.5 Å². The molecule has 0 aliphatic carbocycles. The van der Waals surface area contributed by atoms with E-state index in [9.17, 15) is 13.2 Å². The van der Waals surface area contributed by atoms with Gasteiger partial charge in [-0.05, 0) is 6.42 Å². The molecule has 0 heterocycles. The molecule has 1 N–H and O–H groups in total. The van der Waals surface area contributed by atoms with Gasteiger partial charge in [0.25, 0.3) is 10.1 Å². The summed E-state index contributed by atoms with van der Waals surface area (Å²) in [5.74, 6) is -0.691. The van der Waals surface area contributed by atoms with Gasteiger partial charge < -0.3 is 5.32 Å². The van der Waals surface area contributed by atoms with E-state index < -0.39 is 15.9 Å². The van der Waals surface area contributed by atoms with E-state index in [1.54, 1.807) is 6.92 Å². The van der Waals surface area contributed by atoms with E-state index >= 15 is 0 Å². The molecule has 0 fully saturated rings. The summed E-state index contributed by atoms with van der Waals surface area (Å²) >= 11 is 0. The van der Waals surface area contributed by atoms with Crippen LogP contribution in [0.2, 0.25) is 0 Å². The van der Waals surface area contributed by atoms with E-state index in [1.165, 1.54) is 0 Å². The lowest BCUT2D eigenvalue weighted by Crippen LogP contribution is -2.37. The average molecular weight is 205 g/mol. The highest BCUT2D eigenvalue weighted by Gasteiger charge is 2.10. The lowest BCUT2D eigenvalue weighted by Gasteiger charge is -2.14. The Morgan fingerprint density at radius 2 is 2.15 bits per heavy atom. The molecule has 1 unspecified atom stereocenters. The Balaban J connectivity index is 3.93. The molecular weight excluding hydrogens is 193 g/mol. The van der Waals surface area contributed by atoms with Crippen LogP contribution in [0.3, 0.4) is 0 Å². The molecule has 5 nitrogen and oxygen atoms in total. The number of hydrogen-bond donors (Lipinski definition) is 1. The van der Waals surface area contributed by atoms with Crippen molar-refractivity contribution in [2.24, 2.45) is 0 Å². The molecule has 0 aromatic carbocycles. The molecule has 0 rings (SSSR count). The van der Waals surface area contributed by atoms with Gasteiger partial charge in [0.05, 0.1) is 18.9 Å².